The number of hydrogen-bond acceptors (Lipinski definition) is 7. The Hall–Kier alpha value is -1.87. The molecule has 1 amide bonds. The fourth-order valence-electron chi connectivity index (χ4n) is 3.38. The molecule has 214 valence electrons. The van der Waals surface area contributed by atoms with Crippen LogP contribution in [0.15, 0.2) is 24.3 Å². The summed E-state index contributed by atoms with van der Waals surface area (Å²) in [6.07, 6.45) is 8.65. The van der Waals surface area contributed by atoms with Gasteiger partial charge in [-0.2, -0.15) is 0 Å². The molecule has 0 aromatic heterocycles. The lowest BCUT2D eigenvalue weighted by Gasteiger charge is -2.19. The molecule has 0 unspecified atom stereocenters. The molecule has 1 N–H and O–H groups in total. The lowest BCUT2D eigenvalue weighted by molar-refractivity contribution is -0.00455. The third-order valence-electron chi connectivity index (χ3n) is 5.27. The molecule has 0 bridgehead atoms. The van der Waals surface area contributed by atoms with Gasteiger partial charge >= 0.3 is 6.09 Å². The third kappa shape index (κ3) is 21.9. The summed E-state index contributed by atoms with van der Waals surface area (Å²) < 4.78 is 32.8. The number of amides is 1. The van der Waals surface area contributed by atoms with Crippen LogP contribution in [-0.2, 0) is 30.1 Å². The molecule has 0 heterocycles. The van der Waals surface area contributed by atoms with Crippen LogP contribution in [-0.4, -0.2) is 77.7 Å². The second-order valence-electron chi connectivity index (χ2n) is 9.89. The number of alkyl carbamates (subject to hydrolysis) is 1. The van der Waals surface area contributed by atoms with Crippen molar-refractivity contribution in [1.82, 2.24) is 5.32 Å². The van der Waals surface area contributed by atoms with Gasteiger partial charge < -0.3 is 33.7 Å². The van der Waals surface area contributed by atoms with E-state index in [2.05, 4.69) is 24.4 Å². The zero-order chi connectivity index (χ0) is 27.0. The minimum absolute atomic E-state index is 0.397. The van der Waals surface area contributed by atoms with Gasteiger partial charge in [-0.15, -0.1) is 0 Å². The number of carbonyl (C=O) groups excluding carboxylic acids is 1. The van der Waals surface area contributed by atoms with Crippen LogP contribution in [0.25, 0.3) is 0 Å². The molecule has 0 aliphatic rings. The van der Waals surface area contributed by atoms with E-state index in [4.69, 9.17) is 28.4 Å². The van der Waals surface area contributed by atoms with Crippen molar-refractivity contribution in [3.8, 4) is 5.75 Å². The average molecular weight is 526 g/mol. The highest BCUT2D eigenvalue weighted by atomic mass is 16.6. The second kappa shape index (κ2) is 22.1. The van der Waals surface area contributed by atoms with Gasteiger partial charge in [0.1, 0.15) is 18.0 Å². The molecule has 1 rings (SSSR count). The minimum atomic E-state index is -0.499. The van der Waals surface area contributed by atoms with Gasteiger partial charge in [-0.25, -0.2) is 4.79 Å². The van der Waals surface area contributed by atoms with Crippen LogP contribution in [0.2, 0.25) is 0 Å². The molecular formula is C29H51NO7. The molecule has 0 radical (unpaired) electrons. The first kappa shape index (κ1) is 33.2. The van der Waals surface area contributed by atoms with Gasteiger partial charge in [0.15, 0.2) is 0 Å². The number of ether oxygens (including phenoxy) is 6. The SMILES string of the molecule is CCCCCCCCc1ccc(OCCOCCOCCOCCOCCNC(=O)OC(C)(C)C)cc1. The summed E-state index contributed by atoms with van der Waals surface area (Å²) >= 11 is 0. The molecule has 8 heteroatoms. The minimum Gasteiger partial charge on any atom is -0.491 e. The molecule has 0 aliphatic heterocycles. The number of nitrogens with one attached hydrogen (secondary N) is 1. The highest BCUT2D eigenvalue weighted by molar-refractivity contribution is 5.67. The van der Waals surface area contributed by atoms with Gasteiger partial charge in [-0.1, -0.05) is 51.2 Å². The van der Waals surface area contributed by atoms with Crippen LogP contribution < -0.4 is 10.1 Å². The number of aryl methyl sites for hydroxylation is 1. The highest BCUT2D eigenvalue weighted by Gasteiger charge is 2.15. The normalized spacial score (nSPS) is 11.5. The Morgan fingerprint density at radius 2 is 1.22 bits per heavy atom. The Morgan fingerprint density at radius 3 is 1.78 bits per heavy atom. The van der Waals surface area contributed by atoms with Gasteiger partial charge in [0.2, 0.25) is 0 Å². The number of benzene rings is 1. The lowest BCUT2D eigenvalue weighted by Crippen LogP contribution is -2.34. The molecule has 1 aromatic rings. The molecule has 0 spiro atoms. The van der Waals surface area contributed by atoms with E-state index in [-0.39, 0.29) is 0 Å². The summed E-state index contributed by atoms with van der Waals surface area (Å²) in [6, 6.07) is 8.41. The summed E-state index contributed by atoms with van der Waals surface area (Å²) in [4.78, 5) is 11.5. The van der Waals surface area contributed by atoms with Crippen LogP contribution in [0.4, 0.5) is 4.79 Å². The maximum Gasteiger partial charge on any atom is 0.407 e. The van der Waals surface area contributed by atoms with E-state index in [1.165, 1.54) is 44.1 Å². The molecular weight excluding hydrogens is 474 g/mol. The maximum absolute atomic E-state index is 11.5. The Kier molecular flexibility index (Phi) is 19.8. The first-order valence-electron chi connectivity index (χ1n) is 13.9. The van der Waals surface area contributed by atoms with Crippen LogP contribution >= 0.6 is 0 Å². The van der Waals surface area contributed by atoms with Crippen LogP contribution in [0.5, 0.6) is 5.75 Å². The van der Waals surface area contributed by atoms with Crippen molar-refractivity contribution in [1.29, 1.82) is 0 Å². The molecule has 0 saturated heterocycles. The Bertz CT molecular complexity index is 661. The Labute approximate surface area is 224 Å². The molecule has 8 nitrogen and oxygen atoms in total. The van der Waals surface area contributed by atoms with Gasteiger partial charge in [0, 0.05) is 6.54 Å². The molecule has 37 heavy (non-hydrogen) atoms. The molecule has 0 aliphatic carbocycles. The summed E-state index contributed by atoms with van der Waals surface area (Å²) in [5.41, 5.74) is 0.876. The first-order valence-corrected chi connectivity index (χ1v) is 13.9. The van der Waals surface area contributed by atoms with Gasteiger partial charge in [0.05, 0.1) is 52.9 Å². The zero-order valence-corrected chi connectivity index (χ0v) is 23.7. The maximum atomic E-state index is 11.5. The van der Waals surface area contributed by atoms with Gasteiger partial charge in [-0.05, 0) is 51.3 Å². The zero-order valence-electron chi connectivity index (χ0n) is 23.7. The fourth-order valence-corrected chi connectivity index (χ4v) is 3.38. The standard InChI is InChI=1S/C29H51NO7/c1-5-6-7-8-9-10-11-26-12-14-27(15-13-26)36-25-24-35-23-22-34-21-20-33-19-18-32-17-16-30-28(31)37-29(2,3)4/h12-15H,5-11,16-25H2,1-4H3,(H,30,31). The number of rotatable bonds is 23. The molecule has 0 saturated carbocycles. The number of unbranched alkanes of at least 4 members (excludes halogenated alkanes) is 5. The van der Waals surface area contributed by atoms with Crippen molar-refractivity contribution in [2.75, 3.05) is 66.0 Å². The summed E-state index contributed by atoms with van der Waals surface area (Å²) in [5, 5.41) is 2.64. The van der Waals surface area contributed by atoms with E-state index in [1.807, 2.05) is 32.9 Å². The van der Waals surface area contributed by atoms with E-state index in [0.29, 0.717) is 66.0 Å². The predicted molar refractivity (Wildman–Crippen MR) is 147 cm³/mol. The van der Waals surface area contributed by atoms with Crippen molar-refractivity contribution in [3.63, 3.8) is 0 Å². The molecule has 1 aromatic carbocycles. The first-order chi connectivity index (χ1) is 17.9. The van der Waals surface area contributed by atoms with Crippen molar-refractivity contribution < 1.29 is 33.2 Å². The van der Waals surface area contributed by atoms with Crippen molar-refractivity contribution in [2.45, 2.75) is 78.2 Å². The highest BCUT2D eigenvalue weighted by Crippen LogP contribution is 2.15. The Balaban J connectivity index is 1.83. The Morgan fingerprint density at radius 1 is 0.703 bits per heavy atom. The van der Waals surface area contributed by atoms with Crippen LogP contribution in [0.3, 0.4) is 0 Å². The largest absolute Gasteiger partial charge is 0.491 e. The van der Waals surface area contributed by atoms with E-state index in [9.17, 15) is 4.79 Å². The number of hydrogen-bond donors (Lipinski definition) is 1. The quantitative estimate of drug-likeness (QED) is 0.187. The van der Waals surface area contributed by atoms with Crippen molar-refractivity contribution in [2.24, 2.45) is 0 Å². The summed E-state index contributed by atoms with van der Waals surface area (Å²) in [7, 11) is 0. The predicted octanol–water partition coefficient (Wildman–Crippen LogP) is 5.56. The third-order valence-corrected chi connectivity index (χ3v) is 5.27. The monoisotopic (exact) mass is 525 g/mol. The van der Waals surface area contributed by atoms with E-state index in [1.54, 1.807) is 0 Å². The molecule has 0 atom stereocenters. The summed E-state index contributed by atoms with van der Waals surface area (Å²) in [6.45, 7) is 12.6. The van der Waals surface area contributed by atoms with Crippen molar-refractivity contribution >= 4 is 6.09 Å². The lowest BCUT2D eigenvalue weighted by atomic mass is 10.0. The average Bonchev–Trinajstić information content (AvgIpc) is 2.85. The molecule has 0 fully saturated rings. The summed E-state index contributed by atoms with van der Waals surface area (Å²) in [5.74, 6) is 0.881. The smallest absolute Gasteiger partial charge is 0.407 e. The topological polar surface area (TPSA) is 84.5 Å². The fraction of sp³-hybridized carbons (Fsp3) is 0.759. The van der Waals surface area contributed by atoms with E-state index >= 15 is 0 Å². The van der Waals surface area contributed by atoms with Crippen LogP contribution in [0, 0.1) is 0 Å². The van der Waals surface area contributed by atoms with E-state index in [0.717, 1.165) is 12.2 Å². The number of carbonyl (C=O) groups is 1. The van der Waals surface area contributed by atoms with Crippen LogP contribution in [0.1, 0.15) is 71.8 Å². The van der Waals surface area contributed by atoms with Gasteiger partial charge in [-0.3, -0.25) is 0 Å². The second-order valence-corrected chi connectivity index (χ2v) is 9.89. The van der Waals surface area contributed by atoms with E-state index < -0.39 is 11.7 Å². The van der Waals surface area contributed by atoms with Crippen molar-refractivity contribution in [3.05, 3.63) is 29.8 Å². The van der Waals surface area contributed by atoms with Gasteiger partial charge in [0.25, 0.3) is 0 Å².